The van der Waals surface area contributed by atoms with E-state index >= 15 is 0 Å². The molecule has 5 nitrogen and oxygen atoms in total. The molecule has 0 amide bonds. The van der Waals surface area contributed by atoms with Crippen molar-refractivity contribution in [3.05, 3.63) is 0 Å². The van der Waals surface area contributed by atoms with E-state index in [0.717, 1.165) is 0 Å². The molecule has 0 saturated heterocycles. The molecule has 0 aromatic rings. The van der Waals surface area contributed by atoms with Crippen LogP contribution in [0.1, 0.15) is 60.3 Å². The molecule has 1 unspecified atom stereocenters. The number of hydrogen-bond acceptors (Lipinski definition) is 3. The third kappa shape index (κ3) is 11.7. The van der Waals surface area contributed by atoms with Crippen molar-refractivity contribution in [3.8, 4) is 0 Å². The first-order valence-electron chi connectivity index (χ1n) is 7.62. The normalized spacial score (nSPS) is 14.4. The number of hydrogen-bond donors (Lipinski definition) is 2. The van der Waals surface area contributed by atoms with Crippen LogP contribution in [0.15, 0.2) is 0 Å². The summed E-state index contributed by atoms with van der Waals surface area (Å²) in [7, 11) is -3.23. The summed E-state index contributed by atoms with van der Waals surface area (Å²) in [6.07, 6.45) is 2.03. The molecule has 0 aliphatic carbocycles. The highest BCUT2D eigenvalue weighted by molar-refractivity contribution is 7.89. The second-order valence-corrected chi connectivity index (χ2v) is 9.18. The summed E-state index contributed by atoms with van der Waals surface area (Å²) in [4.78, 5) is 10.6. The number of aliphatic carboxylic acids is 1. The Morgan fingerprint density at radius 2 is 1.76 bits per heavy atom. The molecule has 0 spiro atoms. The average molecular weight is 321 g/mol. The van der Waals surface area contributed by atoms with E-state index in [4.69, 9.17) is 5.11 Å². The molecule has 0 aliphatic rings. The summed E-state index contributed by atoms with van der Waals surface area (Å²) in [5.74, 6) is -0.0842. The van der Waals surface area contributed by atoms with E-state index < -0.39 is 16.0 Å². The van der Waals surface area contributed by atoms with E-state index in [9.17, 15) is 13.2 Å². The highest BCUT2D eigenvalue weighted by atomic mass is 32.2. The molecule has 126 valence electrons. The van der Waals surface area contributed by atoms with Gasteiger partial charge in [0.05, 0.1) is 5.75 Å². The molecule has 0 aliphatic heterocycles. The first-order valence-corrected chi connectivity index (χ1v) is 9.27. The van der Waals surface area contributed by atoms with Gasteiger partial charge in [-0.15, -0.1) is 0 Å². The van der Waals surface area contributed by atoms with Crippen molar-refractivity contribution in [2.45, 2.75) is 60.3 Å². The Labute approximate surface area is 129 Å². The highest BCUT2D eigenvalue weighted by Gasteiger charge is 2.19. The molecule has 0 bridgehead atoms. The number of rotatable bonds is 10. The molecule has 1 atom stereocenters. The van der Waals surface area contributed by atoms with Crippen molar-refractivity contribution >= 4 is 16.0 Å². The largest absolute Gasteiger partial charge is 0.481 e. The van der Waals surface area contributed by atoms with Crippen molar-refractivity contribution in [3.63, 3.8) is 0 Å². The van der Waals surface area contributed by atoms with Crippen LogP contribution in [-0.2, 0) is 14.8 Å². The van der Waals surface area contributed by atoms with Gasteiger partial charge in [0.25, 0.3) is 0 Å². The van der Waals surface area contributed by atoms with Crippen LogP contribution < -0.4 is 4.72 Å². The smallest absolute Gasteiger partial charge is 0.303 e. The van der Waals surface area contributed by atoms with E-state index in [2.05, 4.69) is 4.72 Å². The van der Waals surface area contributed by atoms with E-state index in [1.165, 1.54) is 0 Å². The van der Waals surface area contributed by atoms with Crippen molar-refractivity contribution in [2.24, 2.45) is 17.3 Å². The van der Waals surface area contributed by atoms with Gasteiger partial charge in [0.1, 0.15) is 0 Å². The molecule has 0 heterocycles. The maximum atomic E-state index is 11.9. The summed E-state index contributed by atoms with van der Waals surface area (Å²) in [6.45, 7) is 10.5. The molecule has 0 aromatic carbocycles. The van der Waals surface area contributed by atoms with Gasteiger partial charge in [-0.05, 0) is 36.5 Å². The molecule has 0 fully saturated rings. The first-order chi connectivity index (χ1) is 9.43. The Balaban J connectivity index is 4.21. The number of nitrogens with one attached hydrogen (secondary N) is 1. The maximum absolute atomic E-state index is 11.9. The van der Waals surface area contributed by atoms with Gasteiger partial charge in [0.2, 0.25) is 10.0 Å². The van der Waals surface area contributed by atoms with Gasteiger partial charge in [-0.1, -0.05) is 34.6 Å². The van der Waals surface area contributed by atoms with Crippen LogP contribution in [0.25, 0.3) is 0 Å². The van der Waals surface area contributed by atoms with Gasteiger partial charge >= 0.3 is 5.97 Å². The fraction of sp³-hybridized carbons (Fsp3) is 0.933. The van der Waals surface area contributed by atoms with E-state index in [1.807, 2.05) is 34.6 Å². The van der Waals surface area contributed by atoms with Crippen LogP contribution in [-0.4, -0.2) is 31.8 Å². The predicted molar refractivity (Wildman–Crippen MR) is 85.7 cm³/mol. The SMILES string of the molecule is CC(C)C(CCNS(=O)(=O)CCC(C)(C)C)CCC(=O)O. The van der Waals surface area contributed by atoms with Gasteiger partial charge in [-0.25, -0.2) is 13.1 Å². The maximum Gasteiger partial charge on any atom is 0.303 e. The number of carboxylic acids is 1. The number of carbonyl (C=O) groups is 1. The molecule has 21 heavy (non-hydrogen) atoms. The molecule has 0 saturated carbocycles. The second-order valence-electron chi connectivity index (χ2n) is 7.25. The molecule has 2 N–H and O–H groups in total. The average Bonchev–Trinajstić information content (AvgIpc) is 2.29. The summed E-state index contributed by atoms with van der Waals surface area (Å²) >= 11 is 0. The molecule has 6 heteroatoms. The monoisotopic (exact) mass is 321 g/mol. The summed E-state index contributed by atoms with van der Waals surface area (Å²) < 4.78 is 26.4. The Morgan fingerprint density at radius 3 is 2.19 bits per heavy atom. The van der Waals surface area contributed by atoms with E-state index in [1.54, 1.807) is 0 Å². The first kappa shape index (κ1) is 20.4. The van der Waals surface area contributed by atoms with E-state index in [-0.39, 0.29) is 23.5 Å². The Kier molecular flexibility index (Phi) is 8.48. The minimum absolute atomic E-state index is 0.00327. The number of carboxylic acid groups (broad SMARTS) is 1. The van der Waals surface area contributed by atoms with Crippen molar-refractivity contribution < 1.29 is 18.3 Å². The van der Waals surface area contributed by atoms with Gasteiger partial charge in [-0.3, -0.25) is 4.79 Å². The predicted octanol–water partition coefficient (Wildman–Crippen LogP) is 2.87. The van der Waals surface area contributed by atoms with Gasteiger partial charge in [-0.2, -0.15) is 0 Å². The third-order valence-corrected chi connectivity index (χ3v) is 5.02. The summed E-state index contributed by atoms with van der Waals surface area (Å²) in [5.41, 5.74) is -0.00327. The fourth-order valence-electron chi connectivity index (χ4n) is 2.03. The van der Waals surface area contributed by atoms with Crippen molar-refractivity contribution in [1.82, 2.24) is 4.72 Å². The minimum Gasteiger partial charge on any atom is -0.481 e. The Bertz CT molecular complexity index is 410. The molecular formula is C15H31NO4S. The minimum atomic E-state index is -3.23. The second kappa shape index (κ2) is 8.73. The van der Waals surface area contributed by atoms with E-state index in [0.29, 0.717) is 31.7 Å². The van der Waals surface area contributed by atoms with Gasteiger partial charge < -0.3 is 5.11 Å². The van der Waals surface area contributed by atoms with Crippen LogP contribution in [0.2, 0.25) is 0 Å². The quantitative estimate of drug-likeness (QED) is 0.648. The Morgan fingerprint density at radius 1 is 1.19 bits per heavy atom. The van der Waals surface area contributed by atoms with Crippen LogP contribution in [0.3, 0.4) is 0 Å². The summed E-state index contributed by atoms with van der Waals surface area (Å²) in [6, 6.07) is 0. The molecule has 0 aromatic heterocycles. The zero-order chi connectivity index (χ0) is 16.7. The van der Waals surface area contributed by atoms with Crippen LogP contribution in [0.5, 0.6) is 0 Å². The van der Waals surface area contributed by atoms with Crippen LogP contribution in [0.4, 0.5) is 0 Å². The standard InChI is InChI=1S/C15H31NO4S/c1-12(2)13(6-7-14(17)18)8-10-16-21(19,20)11-9-15(3,4)5/h12-13,16H,6-11H2,1-5H3,(H,17,18). The highest BCUT2D eigenvalue weighted by Crippen LogP contribution is 2.21. The molecule has 0 radical (unpaired) electrons. The van der Waals surface area contributed by atoms with Crippen molar-refractivity contribution in [1.29, 1.82) is 0 Å². The Hall–Kier alpha value is -0.620. The lowest BCUT2D eigenvalue weighted by Gasteiger charge is -2.21. The topological polar surface area (TPSA) is 83.5 Å². The molecular weight excluding hydrogens is 290 g/mol. The third-order valence-electron chi connectivity index (χ3n) is 3.63. The molecule has 0 rings (SSSR count). The lowest BCUT2D eigenvalue weighted by Crippen LogP contribution is -2.30. The lowest BCUT2D eigenvalue weighted by molar-refractivity contribution is -0.137. The fourth-order valence-corrected chi connectivity index (χ4v) is 3.49. The van der Waals surface area contributed by atoms with Crippen LogP contribution in [0, 0.1) is 17.3 Å². The number of sulfonamides is 1. The van der Waals surface area contributed by atoms with Gasteiger partial charge in [0, 0.05) is 13.0 Å². The zero-order valence-electron chi connectivity index (χ0n) is 14.0. The lowest BCUT2D eigenvalue weighted by atomic mass is 9.88. The zero-order valence-corrected chi connectivity index (χ0v) is 14.8. The van der Waals surface area contributed by atoms with Crippen molar-refractivity contribution in [2.75, 3.05) is 12.3 Å². The summed E-state index contributed by atoms with van der Waals surface area (Å²) in [5, 5.41) is 8.73. The van der Waals surface area contributed by atoms with Crippen LogP contribution >= 0.6 is 0 Å². The van der Waals surface area contributed by atoms with Gasteiger partial charge in [0.15, 0.2) is 0 Å².